The van der Waals surface area contributed by atoms with Gasteiger partial charge in [0.25, 0.3) is 5.91 Å². The number of ether oxygens (including phenoxy) is 1. The summed E-state index contributed by atoms with van der Waals surface area (Å²) >= 11 is 0. The summed E-state index contributed by atoms with van der Waals surface area (Å²) in [6.07, 6.45) is 1.66. The van der Waals surface area contributed by atoms with Gasteiger partial charge in [-0.2, -0.15) is 9.82 Å². The molecule has 3 heterocycles. The summed E-state index contributed by atoms with van der Waals surface area (Å²) in [7, 11) is -4.49. The number of hydrogen-bond acceptors (Lipinski definition) is 22. The minimum atomic E-state index is -4.49. The molecular formula is C59H87N15O20S. The summed E-state index contributed by atoms with van der Waals surface area (Å²) in [5.41, 5.74) is 1.42. The van der Waals surface area contributed by atoms with E-state index in [2.05, 4.69) is 52.0 Å². The molecule has 3 unspecified atom stereocenters. The van der Waals surface area contributed by atoms with Crippen LogP contribution in [0.3, 0.4) is 0 Å². The Hall–Kier alpha value is -9.10. The van der Waals surface area contributed by atoms with Crippen molar-refractivity contribution in [3.8, 4) is 5.75 Å². The molecule has 5 amide bonds. The number of guanidine groups is 1. The Morgan fingerprint density at radius 2 is 1.20 bits per heavy atom. The fourth-order valence-corrected chi connectivity index (χ4v) is 12.0. The zero-order chi connectivity index (χ0) is 69.6. The zero-order valence-electron chi connectivity index (χ0n) is 53.1. The summed E-state index contributed by atoms with van der Waals surface area (Å²) < 4.78 is 37.2. The number of benzene rings is 2. The van der Waals surface area contributed by atoms with Gasteiger partial charge >= 0.3 is 35.8 Å². The summed E-state index contributed by atoms with van der Waals surface area (Å²) in [6, 6.07) is 4.55. The zero-order valence-corrected chi connectivity index (χ0v) is 54.0. The molecule has 0 bridgehead atoms. The van der Waals surface area contributed by atoms with E-state index in [1.165, 1.54) is 26.0 Å². The van der Waals surface area contributed by atoms with Crippen LogP contribution in [0, 0.1) is 19.8 Å². The van der Waals surface area contributed by atoms with Gasteiger partial charge in [0.15, 0.2) is 5.96 Å². The van der Waals surface area contributed by atoms with E-state index in [4.69, 9.17) is 4.74 Å². The van der Waals surface area contributed by atoms with Crippen LogP contribution in [0.4, 0.5) is 0 Å². The van der Waals surface area contributed by atoms with Crippen molar-refractivity contribution in [1.82, 2.24) is 71.3 Å². The van der Waals surface area contributed by atoms with Gasteiger partial charge in [0, 0.05) is 135 Å². The van der Waals surface area contributed by atoms with Gasteiger partial charge in [-0.1, -0.05) is 0 Å². The third-order valence-corrected chi connectivity index (χ3v) is 17.0. The van der Waals surface area contributed by atoms with Crippen LogP contribution in [-0.4, -0.2) is 283 Å². The lowest BCUT2D eigenvalue weighted by Gasteiger charge is -2.33. The minimum Gasteiger partial charge on any atom is -0.494 e. The van der Waals surface area contributed by atoms with Crippen molar-refractivity contribution in [1.29, 1.82) is 0 Å². The molecule has 14 N–H and O–H groups in total. The van der Waals surface area contributed by atoms with E-state index >= 15 is 0 Å². The maximum absolute atomic E-state index is 13.7. The highest BCUT2D eigenvalue weighted by Gasteiger charge is 2.31. The third kappa shape index (κ3) is 27.8. The van der Waals surface area contributed by atoms with Crippen LogP contribution < -0.4 is 46.7 Å². The normalized spacial score (nSPS) is 15.6. The quantitative estimate of drug-likeness (QED) is 0.0254. The molecule has 1 fully saturated rings. The molecule has 524 valence electrons. The Morgan fingerprint density at radius 3 is 1.76 bits per heavy atom. The number of carboxylic acids is 6. The van der Waals surface area contributed by atoms with Crippen LogP contribution in [0.25, 0.3) is 10.9 Å². The van der Waals surface area contributed by atoms with Crippen LogP contribution >= 0.6 is 0 Å². The second-order valence-electron chi connectivity index (χ2n) is 22.8. The third-order valence-electron chi connectivity index (χ3n) is 15.2. The van der Waals surface area contributed by atoms with E-state index in [9.17, 15) is 91.8 Å². The highest BCUT2D eigenvalue weighted by atomic mass is 32.2. The number of hydrogen-bond donors (Lipinski definition) is 14. The molecule has 2 aliphatic heterocycles. The summed E-state index contributed by atoms with van der Waals surface area (Å²) in [6.45, 7) is 4.14. The number of aromatic nitrogens is 2. The minimum absolute atomic E-state index is 0.000282. The monoisotopic (exact) mass is 1360 g/mol. The molecule has 0 saturated carbocycles. The first-order chi connectivity index (χ1) is 45.1. The molecule has 0 radical (unpaired) electrons. The average Bonchev–Trinajstić information content (AvgIpc) is 1.64. The van der Waals surface area contributed by atoms with Crippen molar-refractivity contribution in [3.05, 3.63) is 53.2 Å². The number of carbonyl (C=O) groups excluding carboxylic acids is 5. The van der Waals surface area contributed by atoms with Crippen molar-refractivity contribution in [3.63, 3.8) is 0 Å². The predicted molar refractivity (Wildman–Crippen MR) is 339 cm³/mol. The summed E-state index contributed by atoms with van der Waals surface area (Å²) in [5, 5.41) is 81.7. The van der Waals surface area contributed by atoms with Crippen LogP contribution in [0.15, 0.2) is 46.4 Å². The summed E-state index contributed by atoms with van der Waals surface area (Å²) in [5.74, 6) is -11.2. The molecule has 2 aliphatic rings. The molecule has 95 heavy (non-hydrogen) atoms. The molecule has 0 aliphatic carbocycles. The first-order valence-corrected chi connectivity index (χ1v) is 32.5. The SMILES string of the molecule is Cc1cc(OCCCC(=O)NCCNC(=O)C(CCC(=O)O)NC(=O)C(CCC(=O)O)CNC(=O)CN2CCN(CC(=O)O)CCN(CC(=O)O)CCN(CC(=O)O)CC2)cc(C)c1S(=O)(=O)NC(CNC(=O)c1ccc2c(cnn2CCCNC2=NCCCN2)c1)C(=O)O. The van der Waals surface area contributed by atoms with E-state index in [1.54, 1.807) is 48.7 Å². The molecule has 0 spiro atoms. The summed E-state index contributed by atoms with van der Waals surface area (Å²) in [4.78, 5) is 148. The number of fused-ring (bicyclic) bond motifs is 1. The Bertz CT molecular complexity index is 3280. The topological polar surface area (TPSA) is 492 Å². The van der Waals surface area contributed by atoms with Gasteiger partial charge < -0.3 is 72.6 Å². The van der Waals surface area contributed by atoms with Gasteiger partial charge in [0.1, 0.15) is 17.8 Å². The van der Waals surface area contributed by atoms with Crippen molar-refractivity contribution >= 4 is 92.2 Å². The number of sulfonamides is 1. The standard InChI is InChI=1S/C59H87N15O20S/c1-38-28-43(29-39(2)54(38)95(92,93)69-45(58(90)91)33-66-55(87)40-7-10-46-42(30-40)32-67-74(46)18-5-15-64-59-62-13-4-14-63-59)94-27-3-6-47(75)60-16-17-61-57(89)44(9-12-50(79)80)68-56(88)41(8-11-49(77)78)31-65-48(76)34-70-19-21-71(35-51(81)82)23-25-73(37-53(85)86)26-24-72(22-20-70)36-52(83)84/h7,10,28-30,32,41,44-45,69H,3-6,8-9,11-27,31,33-37H2,1-2H3,(H,60,75)(H,61,89)(H,65,76)(H,66,87)(H,68,88)(H,77,78)(H,79,80)(H,81,82)(H,83,84)(H,85,86)(H,90,91)(H2,62,63,64). The number of amides is 5. The molecule has 3 atom stereocenters. The van der Waals surface area contributed by atoms with Crippen LogP contribution in [0.5, 0.6) is 5.75 Å². The number of aliphatic carboxylic acids is 6. The molecule has 2 aromatic carbocycles. The van der Waals surface area contributed by atoms with Gasteiger partial charge in [0.05, 0.1) is 55.3 Å². The number of carbonyl (C=O) groups is 11. The Balaban J connectivity index is 1.06. The second kappa shape index (κ2) is 38.9. The van der Waals surface area contributed by atoms with Crippen LogP contribution in [0.1, 0.15) is 72.9 Å². The molecule has 1 saturated heterocycles. The number of rotatable bonds is 38. The van der Waals surface area contributed by atoms with Gasteiger partial charge in [0.2, 0.25) is 33.7 Å². The first kappa shape index (κ1) is 76.6. The molecule has 36 heteroatoms. The number of aliphatic imine (C=N–C) groups is 1. The van der Waals surface area contributed by atoms with E-state index in [0.29, 0.717) is 18.5 Å². The molecule has 3 aromatic rings. The van der Waals surface area contributed by atoms with Crippen molar-refractivity contribution in [2.75, 3.05) is 131 Å². The van der Waals surface area contributed by atoms with E-state index < -0.39 is 139 Å². The highest BCUT2D eigenvalue weighted by molar-refractivity contribution is 7.89. The maximum Gasteiger partial charge on any atom is 0.323 e. The van der Waals surface area contributed by atoms with Gasteiger partial charge in [-0.25, -0.2) is 8.42 Å². The lowest BCUT2D eigenvalue weighted by Crippen LogP contribution is -2.52. The lowest BCUT2D eigenvalue weighted by atomic mass is 10.0. The first-order valence-electron chi connectivity index (χ1n) is 31.0. The Labute approximate surface area is 547 Å². The largest absolute Gasteiger partial charge is 0.494 e. The average molecular weight is 1360 g/mol. The second-order valence-corrected chi connectivity index (χ2v) is 24.5. The molecule has 1 aromatic heterocycles. The fraction of sp³-hybridized carbons (Fsp3) is 0.576. The van der Waals surface area contributed by atoms with Gasteiger partial charge in [-0.15, -0.1) is 0 Å². The number of nitrogens with zero attached hydrogens (tertiary/aromatic N) is 7. The number of aryl methyl sites for hydroxylation is 3. The van der Waals surface area contributed by atoms with Crippen LogP contribution in [-0.2, 0) is 64.5 Å². The maximum atomic E-state index is 13.7. The van der Waals surface area contributed by atoms with Gasteiger partial charge in [-0.05, 0) is 87.4 Å². The van der Waals surface area contributed by atoms with Crippen molar-refractivity contribution < 1.29 is 96.5 Å². The fourth-order valence-electron chi connectivity index (χ4n) is 10.4. The lowest BCUT2D eigenvalue weighted by molar-refractivity contribution is -0.140. The Morgan fingerprint density at radius 1 is 0.621 bits per heavy atom. The smallest absolute Gasteiger partial charge is 0.323 e. The molecule has 35 nitrogen and oxygen atoms in total. The van der Waals surface area contributed by atoms with Gasteiger partial charge in [-0.3, -0.25) is 82.0 Å². The van der Waals surface area contributed by atoms with E-state index in [0.717, 1.165) is 37.4 Å². The van der Waals surface area contributed by atoms with Crippen molar-refractivity contribution in [2.45, 2.75) is 88.7 Å². The highest BCUT2D eigenvalue weighted by Crippen LogP contribution is 2.27. The van der Waals surface area contributed by atoms with E-state index in [1.807, 2.05) is 0 Å². The van der Waals surface area contributed by atoms with E-state index in [-0.39, 0.29) is 132 Å². The van der Waals surface area contributed by atoms with Crippen molar-refractivity contribution in [2.24, 2.45) is 10.9 Å². The molecule has 5 rings (SSSR count). The Kier molecular flexibility index (Phi) is 31.4. The number of carboxylic acid groups (broad SMARTS) is 6. The predicted octanol–water partition coefficient (Wildman–Crippen LogP) is -3.04. The number of nitrogens with one attached hydrogen (secondary N) is 8. The van der Waals surface area contributed by atoms with Crippen LogP contribution in [0.2, 0.25) is 0 Å². The molecular weight excluding hydrogens is 1270 g/mol.